The predicted octanol–water partition coefficient (Wildman–Crippen LogP) is 5.04. The largest absolute Gasteiger partial charge is 0.0837 e. The summed E-state index contributed by atoms with van der Waals surface area (Å²) in [6, 6.07) is 16.6. The van der Waals surface area contributed by atoms with Crippen molar-refractivity contribution in [2.45, 2.75) is 13.8 Å². The van der Waals surface area contributed by atoms with E-state index in [1.54, 1.807) is 0 Å². The Kier molecular flexibility index (Phi) is 3.65. The maximum Gasteiger partial charge on any atom is 0.0484 e. The summed E-state index contributed by atoms with van der Waals surface area (Å²) in [5, 5.41) is 0.772. The highest BCUT2D eigenvalue weighted by Gasteiger charge is 1.98. The molecule has 0 N–H and O–H groups in total. The Bertz CT molecular complexity index is 518. The average molecular weight is 243 g/mol. The van der Waals surface area contributed by atoms with Gasteiger partial charge in [0.1, 0.15) is 0 Å². The first-order chi connectivity index (χ1) is 8.15. The summed E-state index contributed by atoms with van der Waals surface area (Å²) < 4.78 is 0. The van der Waals surface area contributed by atoms with Gasteiger partial charge >= 0.3 is 0 Å². The second-order valence-electron chi connectivity index (χ2n) is 4.27. The van der Waals surface area contributed by atoms with E-state index in [2.05, 4.69) is 50.2 Å². The zero-order valence-corrected chi connectivity index (χ0v) is 10.8. The summed E-state index contributed by atoms with van der Waals surface area (Å²) in [7, 11) is 0. The molecule has 1 heteroatoms. The van der Waals surface area contributed by atoms with Gasteiger partial charge in [0, 0.05) is 5.03 Å². The molecule has 2 aromatic rings. The smallest absolute Gasteiger partial charge is 0.0484 e. The molecule has 0 nitrogen and oxygen atoms in total. The lowest BCUT2D eigenvalue weighted by atomic mass is 10.1. The number of rotatable bonds is 2. The maximum atomic E-state index is 6.29. The standard InChI is InChI=1S/C16H15Cl/c1-12-3-7-14(8-4-12)11-16(17)15-9-5-13(2)6-10-15/h3-11H,1-2H3/b16-11-. The predicted molar refractivity (Wildman–Crippen MR) is 76.1 cm³/mol. The average Bonchev–Trinajstić information content (AvgIpc) is 2.33. The minimum Gasteiger partial charge on any atom is -0.0837 e. The van der Waals surface area contributed by atoms with Crippen LogP contribution in [-0.4, -0.2) is 0 Å². The zero-order chi connectivity index (χ0) is 12.3. The Balaban J connectivity index is 2.27. The van der Waals surface area contributed by atoms with E-state index in [1.807, 2.05) is 18.2 Å². The van der Waals surface area contributed by atoms with E-state index >= 15 is 0 Å². The Morgan fingerprint density at radius 1 is 0.824 bits per heavy atom. The van der Waals surface area contributed by atoms with E-state index in [0.717, 1.165) is 16.2 Å². The molecule has 2 aromatic carbocycles. The monoisotopic (exact) mass is 242 g/mol. The molecular weight excluding hydrogens is 228 g/mol. The quantitative estimate of drug-likeness (QED) is 0.647. The van der Waals surface area contributed by atoms with Gasteiger partial charge in [-0.3, -0.25) is 0 Å². The van der Waals surface area contributed by atoms with Crippen molar-refractivity contribution in [2.24, 2.45) is 0 Å². The van der Waals surface area contributed by atoms with E-state index < -0.39 is 0 Å². The van der Waals surface area contributed by atoms with E-state index in [1.165, 1.54) is 11.1 Å². The Labute approximate surface area is 108 Å². The van der Waals surface area contributed by atoms with Gasteiger partial charge in [-0.05, 0) is 31.1 Å². The fraction of sp³-hybridized carbons (Fsp3) is 0.125. The summed E-state index contributed by atoms with van der Waals surface area (Å²) in [6.07, 6.45) is 1.99. The number of hydrogen-bond donors (Lipinski definition) is 0. The zero-order valence-electron chi connectivity index (χ0n) is 10.1. The van der Waals surface area contributed by atoms with Crippen molar-refractivity contribution in [1.29, 1.82) is 0 Å². The molecule has 86 valence electrons. The van der Waals surface area contributed by atoms with Crippen LogP contribution in [0, 0.1) is 13.8 Å². The highest BCUT2D eigenvalue weighted by atomic mass is 35.5. The van der Waals surface area contributed by atoms with Crippen molar-refractivity contribution >= 4 is 22.7 Å². The summed E-state index contributed by atoms with van der Waals surface area (Å²) in [5.74, 6) is 0. The first-order valence-electron chi connectivity index (χ1n) is 5.66. The summed E-state index contributed by atoms with van der Waals surface area (Å²) >= 11 is 6.29. The number of halogens is 1. The van der Waals surface area contributed by atoms with Gasteiger partial charge in [-0.1, -0.05) is 71.3 Å². The van der Waals surface area contributed by atoms with Crippen molar-refractivity contribution in [3.63, 3.8) is 0 Å². The van der Waals surface area contributed by atoms with Crippen LogP contribution in [0.5, 0.6) is 0 Å². The van der Waals surface area contributed by atoms with Crippen LogP contribution < -0.4 is 0 Å². The van der Waals surface area contributed by atoms with Crippen LogP contribution in [0.25, 0.3) is 11.1 Å². The molecule has 0 saturated heterocycles. The Morgan fingerprint density at radius 3 is 1.82 bits per heavy atom. The van der Waals surface area contributed by atoms with Gasteiger partial charge in [-0.2, -0.15) is 0 Å². The third kappa shape index (κ3) is 3.21. The lowest BCUT2D eigenvalue weighted by Crippen LogP contribution is -1.79. The van der Waals surface area contributed by atoms with E-state index in [4.69, 9.17) is 11.6 Å². The van der Waals surface area contributed by atoms with Gasteiger partial charge in [0.15, 0.2) is 0 Å². The molecule has 0 saturated carbocycles. The molecule has 0 aliphatic heterocycles. The van der Waals surface area contributed by atoms with Gasteiger partial charge in [-0.25, -0.2) is 0 Å². The lowest BCUT2D eigenvalue weighted by Gasteiger charge is -2.01. The SMILES string of the molecule is Cc1ccc(/C=C(\Cl)c2ccc(C)cc2)cc1. The van der Waals surface area contributed by atoms with Crippen molar-refractivity contribution < 1.29 is 0 Å². The normalized spacial score (nSPS) is 11.6. The van der Waals surface area contributed by atoms with Gasteiger partial charge in [0.05, 0.1) is 0 Å². The van der Waals surface area contributed by atoms with Gasteiger partial charge in [0.25, 0.3) is 0 Å². The summed E-state index contributed by atoms with van der Waals surface area (Å²) in [5.41, 5.74) is 4.68. The molecule has 0 fully saturated rings. The van der Waals surface area contributed by atoms with Crippen LogP contribution in [0.4, 0.5) is 0 Å². The molecular formula is C16H15Cl. The number of hydrogen-bond acceptors (Lipinski definition) is 0. The van der Waals surface area contributed by atoms with Gasteiger partial charge in [0.2, 0.25) is 0 Å². The van der Waals surface area contributed by atoms with Crippen LogP contribution in [0.2, 0.25) is 0 Å². The molecule has 0 aromatic heterocycles. The number of aryl methyl sites for hydroxylation is 2. The van der Waals surface area contributed by atoms with Gasteiger partial charge in [-0.15, -0.1) is 0 Å². The van der Waals surface area contributed by atoms with E-state index in [0.29, 0.717) is 0 Å². The maximum absolute atomic E-state index is 6.29. The van der Waals surface area contributed by atoms with E-state index in [9.17, 15) is 0 Å². The molecule has 17 heavy (non-hydrogen) atoms. The van der Waals surface area contributed by atoms with E-state index in [-0.39, 0.29) is 0 Å². The van der Waals surface area contributed by atoms with Crippen molar-refractivity contribution in [3.05, 3.63) is 70.8 Å². The summed E-state index contributed by atoms with van der Waals surface area (Å²) in [4.78, 5) is 0. The number of benzene rings is 2. The fourth-order valence-electron chi connectivity index (χ4n) is 1.61. The molecule has 0 atom stereocenters. The molecule has 0 radical (unpaired) electrons. The second kappa shape index (κ2) is 5.20. The minimum atomic E-state index is 0.772. The van der Waals surface area contributed by atoms with Crippen LogP contribution in [0.3, 0.4) is 0 Å². The first-order valence-corrected chi connectivity index (χ1v) is 6.04. The second-order valence-corrected chi connectivity index (χ2v) is 4.68. The van der Waals surface area contributed by atoms with Crippen LogP contribution >= 0.6 is 11.6 Å². The Morgan fingerprint density at radius 2 is 1.29 bits per heavy atom. The molecule has 0 unspecified atom stereocenters. The highest BCUT2D eigenvalue weighted by molar-refractivity contribution is 6.51. The topological polar surface area (TPSA) is 0 Å². The third-order valence-corrected chi connectivity index (χ3v) is 3.03. The molecule has 0 heterocycles. The first kappa shape index (κ1) is 11.9. The van der Waals surface area contributed by atoms with Gasteiger partial charge < -0.3 is 0 Å². The molecule has 0 amide bonds. The van der Waals surface area contributed by atoms with Crippen molar-refractivity contribution in [1.82, 2.24) is 0 Å². The Hall–Kier alpha value is -1.53. The highest BCUT2D eigenvalue weighted by Crippen LogP contribution is 2.22. The lowest BCUT2D eigenvalue weighted by molar-refractivity contribution is 1.46. The molecule has 0 spiro atoms. The minimum absolute atomic E-state index is 0.772. The third-order valence-electron chi connectivity index (χ3n) is 2.70. The fourth-order valence-corrected chi connectivity index (χ4v) is 1.86. The van der Waals surface area contributed by atoms with Crippen molar-refractivity contribution in [3.8, 4) is 0 Å². The van der Waals surface area contributed by atoms with Crippen molar-refractivity contribution in [2.75, 3.05) is 0 Å². The molecule has 0 aliphatic carbocycles. The summed E-state index contributed by atoms with van der Waals surface area (Å²) in [6.45, 7) is 4.15. The van der Waals surface area contributed by atoms with Crippen LogP contribution in [-0.2, 0) is 0 Å². The molecule has 2 rings (SSSR count). The van der Waals surface area contributed by atoms with Crippen LogP contribution in [0.1, 0.15) is 22.3 Å². The molecule has 0 aliphatic rings. The van der Waals surface area contributed by atoms with Crippen LogP contribution in [0.15, 0.2) is 48.5 Å². The molecule has 0 bridgehead atoms.